The predicted octanol–water partition coefficient (Wildman–Crippen LogP) is 6.34. The summed E-state index contributed by atoms with van der Waals surface area (Å²) in [6.45, 7) is 4.89. The van der Waals surface area contributed by atoms with Gasteiger partial charge in [0.15, 0.2) is 0 Å². The molecule has 0 bridgehead atoms. The molecule has 0 aliphatic heterocycles. The van der Waals surface area contributed by atoms with Crippen molar-refractivity contribution in [2.75, 3.05) is 6.61 Å². The van der Waals surface area contributed by atoms with Gasteiger partial charge in [-0.3, -0.25) is 4.79 Å². The number of hydrogen-bond acceptors (Lipinski definition) is 3. The van der Waals surface area contributed by atoms with E-state index in [1.54, 1.807) is 0 Å². The van der Waals surface area contributed by atoms with E-state index in [9.17, 15) is 9.90 Å². The maximum absolute atomic E-state index is 11.4. The first-order chi connectivity index (χ1) is 12.2. The van der Waals surface area contributed by atoms with Crippen LogP contribution in [0.15, 0.2) is 12.2 Å². The second-order valence-corrected chi connectivity index (χ2v) is 7.09. The summed E-state index contributed by atoms with van der Waals surface area (Å²) >= 11 is 0. The van der Waals surface area contributed by atoms with Gasteiger partial charge >= 0.3 is 5.97 Å². The maximum atomic E-state index is 11.4. The SMILES string of the molecule is CCCCCCC(O)CC=CCCCCCCCC(=O)OCCCC. The molecule has 0 spiro atoms. The normalized spacial score (nSPS) is 12.6. The van der Waals surface area contributed by atoms with Crippen LogP contribution in [-0.2, 0) is 9.53 Å². The molecule has 0 saturated carbocycles. The molecule has 0 aromatic heterocycles. The van der Waals surface area contributed by atoms with E-state index in [2.05, 4.69) is 26.0 Å². The summed E-state index contributed by atoms with van der Waals surface area (Å²) in [6.07, 6.45) is 20.2. The largest absolute Gasteiger partial charge is 0.466 e. The molecule has 3 heteroatoms. The minimum atomic E-state index is -0.162. The lowest BCUT2D eigenvalue weighted by atomic mass is 10.1. The summed E-state index contributed by atoms with van der Waals surface area (Å²) in [6, 6.07) is 0. The smallest absolute Gasteiger partial charge is 0.305 e. The molecule has 25 heavy (non-hydrogen) atoms. The van der Waals surface area contributed by atoms with Crippen LogP contribution >= 0.6 is 0 Å². The van der Waals surface area contributed by atoms with Crippen LogP contribution in [0.2, 0.25) is 0 Å². The van der Waals surface area contributed by atoms with Crippen molar-refractivity contribution >= 4 is 5.97 Å². The van der Waals surface area contributed by atoms with Crippen LogP contribution in [0.4, 0.5) is 0 Å². The first-order valence-corrected chi connectivity index (χ1v) is 10.7. The number of carbonyl (C=O) groups is 1. The molecule has 3 nitrogen and oxygen atoms in total. The third-order valence-electron chi connectivity index (χ3n) is 4.48. The molecule has 0 amide bonds. The zero-order valence-corrected chi connectivity index (χ0v) is 16.8. The van der Waals surface area contributed by atoms with E-state index < -0.39 is 0 Å². The maximum Gasteiger partial charge on any atom is 0.305 e. The monoisotopic (exact) mass is 354 g/mol. The van der Waals surface area contributed by atoms with Crippen molar-refractivity contribution in [2.45, 2.75) is 116 Å². The molecule has 148 valence electrons. The van der Waals surface area contributed by atoms with E-state index in [1.807, 2.05) is 0 Å². The summed E-state index contributed by atoms with van der Waals surface area (Å²) < 4.78 is 5.14. The summed E-state index contributed by atoms with van der Waals surface area (Å²) in [5, 5.41) is 9.87. The Hall–Kier alpha value is -0.830. The fraction of sp³-hybridized carbons (Fsp3) is 0.864. The van der Waals surface area contributed by atoms with E-state index in [4.69, 9.17) is 4.74 Å². The van der Waals surface area contributed by atoms with E-state index in [0.717, 1.165) is 51.4 Å². The zero-order valence-electron chi connectivity index (χ0n) is 16.8. The summed E-state index contributed by atoms with van der Waals surface area (Å²) in [5.41, 5.74) is 0. The Labute approximate surface area is 156 Å². The van der Waals surface area contributed by atoms with Crippen molar-refractivity contribution in [3.63, 3.8) is 0 Å². The van der Waals surface area contributed by atoms with Gasteiger partial charge in [-0.15, -0.1) is 0 Å². The Morgan fingerprint density at radius 2 is 1.56 bits per heavy atom. The van der Waals surface area contributed by atoms with Gasteiger partial charge in [0.05, 0.1) is 12.7 Å². The molecule has 0 rings (SSSR count). The van der Waals surface area contributed by atoms with Gasteiger partial charge in [-0.25, -0.2) is 0 Å². The number of aliphatic hydroxyl groups excluding tert-OH is 1. The minimum absolute atomic E-state index is 0.0374. The summed E-state index contributed by atoms with van der Waals surface area (Å²) in [7, 11) is 0. The molecule has 0 radical (unpaired) electrons. The number of ether oxygens (including phenoxy) is 1. The van der Waals surface area contributed by atoms with Gasteiger partial charge < -0.3 is 9.84 Å². The molecule has 0 aliphatic rings. The highest BCUT2D eigenvalue weighted by molar-refractivity contribution is 5.69. The van der Waals surface area contributed by atoms with Gasteiger partial charge in [0.2, 0.25) is 0 Å². The van der Waals surface area contributed by atoms with Crippen molar-refractivity contribution in [3.05, 3.63) is 12.2 Å². The average Bonchev–Trinajstić information content (AvgIpc) is 2.60. The van der Waals surface area contributed by atoms with Gasteiger partial charge in [0.25, 0.3) is 0 Å². The topological polar surface area (TPSA) is 46.5 Å². The van der Waals surface area contributed by atoms with Gasteiger partial charge in [0, 0.05) is 6.42 Å². The fourth-order valence-electron chi connectivity index (χ4n) is 2.76. The molecule has 0 heterocycles. The number of aliphatic hydroxyl groups is 1. The van der Waals surface area contributed by atoms with Gasteiger partial charge in [-0.05, 0) is 38.5 Å². The molecule has 1 unspecified atom stereocenters. The van der Waals surface area contributed by atoms with Gasteiger partial charge in [0.1, 0.15) is 0 Å². The molecule has 0 aliphatic carbocycles. The third kappa shape index (κ3) is 19.3. The Bertz CT molecular complexity index is 312. The van der Waals surface area contributed by atoms with Crippen molar-refractivity contribution < 1.29 is 14.6 Å². The van der Waals surface area contributed by atoms with Crippen LogP contribution in [-0.4, -0.2) is 23.8 Å². The van der Waals surface area contributed by atoms with Crippen molar-refractivity contribution in [1.82, 2.24) is 0 Å². The number of rotatable bonds is 18. The van der Waals surface area contributed by atoms with Crippen molar-refractivity contribution in [2.24, 2.45) is 0 Å². The van der Waals surface area contributed by atoms with Gasteiger partial charge in [-0.1, -0.05) is 77.4 Å². The lowest BCUT2D eigenvalue weighted by molar-refractivity contribution is -0.143. The van der Waals surface area contributed by atoms with E-state index >= 15 is 0 Å². The molecular formula is C22H42O3. The number of carbonyl (C=O) groups excluding carboxylic acids is 1. The molecular weight excluding hydrogens is 312 g/mol. The van der Waals surface area contributed by atoms with Crippen molar-refractivity contribution in [3.8, 4) is 0 Å². The lowest BCUT2D eigenvalue weighted by Gasteiger charge is -2.07. The first kappa shape index (κ1) is 24.2. The summed E-state index contributed by atoms with van der Waals surface area (Å²) in [5.74, 6) is -0.0374. The van der Waals surface area contributed by atoms with Gasteiger partial charge in [-0.2, -0.15) is 0 Å². The lowest BCUT2D eigenvalue weighted by Crippen LogP contribution is -2.05. The Balaban J connectivity index is 3.30. The standard InChI is InChI=1S/C22H42O3/c1-3-5-7-14-17-21(23)18-15-12-10-8-9-11-13-16-19-22(24)25-20-6-4-2/h12,15,21,23H,3-11,13-14,16-20H2,1-2H3. The molecule has 0 fully saturated rings. The van der Waals surface area contributed by atoms with Crippen LogP contribution in [0.3, 0.4) is 0 Å². The Morgan fingerprint density at radius 3 is 2.32 bits per heavy atom. The highest BCUT2D eigenvalue weighted by Crippen LogP contribution is 2.10. The highest BCUT2D eigenvalue weighted by Gasteiger charge is 2.02. The number of allylic oxidation sites excluding steroid dienone is 1. The molecule has 1 N–H and O–H groups in total. The molecule has 0 aromatic carbocycles. The average molecular weight is 355 g/mol. The van der Waals surface area contributed by atoms with Crippen LogP contribution in [0, 0.1) is 0 Å². The van der Waals surface area contributed by atoms with Crippen LogP contribution in [0.25, 0.3) is 0 Å². The van der Waals surface area contributed by atoms with Crippen LogP contribution < -0.4 is 0 Å². The quantitative estimate of drug-likeness (QED) is 0.177. The van der Waals surface area contributed by atoms with Crippen molar-refractivity contribution in [1.29, 1.82) is 0 Å². The highest BCUT2D eigenvalue weighted by atomic mass is 16.5. The number of hydrogen-bond donors (Lipinski definition) is 1. The van der Waals surface area contributed by atoms with E-state index in [0.29, 0.717) is 13.0 Å². The number of unbranched alkanes of at least 4 members (excludes halogenated alkanes) is 9. The molecule has 1 atom stereocenters. The minimum Gasteiger partial charge on any atom is -0.466 e. The van der Waals surface area contributed by atoms with E-state index in [-0.39, 0.29) is 12.1 Å². The molecule has 0 saturated heterocycles. The predicted molar refractivity (Wildman–Crippen MR) is 107 cm³/mol. The van der Waals surface area contributed by atoms with E-state index in [1.165, 1.54) is 38.5 Å². The third-order valence-corrected chi connectivity index (χ3v) is 4.48. The Kier molecular flexibility index (Phi) is 18.8. The Morgan fingerprint density at radius 1 is 0.880 bits per heavy atom. The number of esters is 1. The van der Waals surface area contributed by atoms with Crippen LogP contribution in [0.1, 0.15) is 110 Å². The second kappa shape index (κ2) is 19.5. The fourth-order valence-corrected chi connectivity index (χ4v) is 2.76. The summed E-state index contributed by atoms with van der Waals surface area (Å²) in [4.78, 5) is 11.4. The first-order valence-electron chi connectivity index (χ1n) is 10.7. The van der Waals surface area contributed by atoms with Crippen LogP contribution in [0.5, 0.6) is 0 Å². The molecule has 0 aromatic rings. The zero-order chi connectivity index (χ0) is 18.6. The second-order valence-electron chi connectivity index (χ2n) is 7.09.